The largest absolute Gasteiger partial charge is 0.368 e. The van der Waals surface area contributed by atoms with Crippen molar-refractivity contribution in [2.75, 3.05) is 49.5 Å². The van der Waals surface area contributed by atoms with E-state index >= 15 is 0 Å². The maximum atomic E-state index is 13.4. The highest BCUT2D eigenvalue weighted by Gasteiger charge is 2.29. The van der Waals surface area contributed by atoms with Crippen molar-refractivity contribution in [2.24, 2.45) is 5.92 Å². The zero-order valence-corrected chi connectivity index (χ0v) is 21.9. The molecule has 1 N–H and O–H groups in total. The Balaban J connectivity index is 1.17. The molecule has 0 saturated carbocycles. The van der Waals surface area contributed by atoms with E-state index in [0.29, 0.717) is 60.9 Å². The monoisotopic (exact) mass is 530 g/mol. The number of likely N-dealkylation sites (tertiary alicyclic amines) is 1. The summed E-state index contributed by atoms with van der Waals surface area (Å²) in [7, 11) is 0. The molecule has 3 aromatic carbocycles. The summed E-state index contributed by atoms with van der Waals surface area (Å²) in [6, 6.07) is 24.3. The van der Waals surface area contributed by atoms with Gasteiger partial charge in [-0.25, -0.2) is 0 Å². The predicted molar refractivity (Wildman–Crippen MR) is 150 cm³/mol. The second-order valence-corrected chi connectivity index (χ2v) is 10.2. The van der Waals surface area contributed by atoms with Gasteiger partial charge >= 0.3 is 0 Å². The highest BCUT2D eigenvalue weighted by Crippen LogP contribution is 2.25. The average Bonchev–Trinajstić information content (AvgIpc) is 2.98. The third kappa shape index (κ3) is 5.83. The topological polar surface area (TPSA) is 73.0 Å². The van der Waals surface area contributed by atoms with Crippen molar-refractivity contribution >= 4 is 40.7 Å². The molecule has 0 unspecified atom stereocenters. The fraction of sp³-hybridized carbons (Fsp3) is 0.300. The summed E-state index contributed by atoms with van der Waals surface area (Å²) in [4.78, 5) is 45.2. The summed E-state index contributed by atoms with van der Waals surface area (Å²) in [6.07, 6.45) is 1.14. The normalized spacial score (nSPS) is 16.3. The summed E-state index contributed by atoms with van der Waals surface area (Å²) in [5.41, 5.74) is 2.79. The number of halogens is 1. The summed E-state index contributed by atoms with van der Waals surface area (Å²) < 4.78 is 0. The van der Waals surface area contributed by atoms with E-state index in [1.54, 1.807) is 41.3 Å². The molecule has 2 fully saturated rings. The maximum absolute atomic E-state index is 13.4. The van der Waals surface area contributed by atoms with Crippen LogP contribution in [0.3, 0.4) is 0 Å². The van der Waals surface area contributed by atoms with Crippen molar-refractivity contribution in [2.45, 2.75) is 12.8 Å². The lowest BCUT2D eigenvalue weighted by molar-refractivity contribution is -0.121. The summed E-state index contributed by atoms with van der Waals surface area (Å²) in [5.74, 6) is -0.458. The lowest BCUT2D eigenvalue weighted by atomic mass is 9.95. The Labute approximate surface area is 228 Å². The number of carbonyl (C=O) groups is 3. The first-order valence-corrected chi connectivity index (χ1v) is 13.4. The molecule has 196 valence electrons. The van der Waals surface area contributed by atoms with Gasteiger partial charge in [-0.1, -0.05) is 41.9 Å². The summed E-state index contributed by atoms with van der Waals surface area (Å²) in [5, 5.41) is 3.59. The summed E-state index contributed by atoms with van der Waals surface area (Å²) in [6.45, 7) is 3.78. The van der Waals surface area contributed by atoms with Crippen LogP contribution in [0.2, 0.25) is 5.02 Å². The Morgan fingerprint density at radius 1 is 0.684 bits per heavy atom. The van der Waals surface area contributed by atoms with Gasteiger partial charge in [-0.2, -0.15) is 0 Å². The summed E-state index contributed by atoms with van der Waals surface area (Å²) >= 11 is 5.93. The van der Waals surface area contributed by atoms with Crippen LogP contribution in [-0.4, -0.2) is 66.8 Å². The van der Waals surface area contributed by atoms with Crippen LogP contribution < -0.4 is 10.2 Å². The van der Waals surface area contributed by atoms with Gasteiger partial charge in [0.25, 0.3) is 11.8 Å². The molecule has 8 heteroatoms. The molecule has 0 bridgehead atoms. The van der Waals surface area contributed by atoms with E-state index in [1.807, 2.05) is 35.2 Å². The van der Waals surface area contributed by atoms with Crippen LogP contribution in [0.15, 0.2) is 78.9 Å². The van der Waals surface area contributed by atoms with E-state index in [2.05, 4.69) is 22.3 Å². The molecule has 0 atom stereocenters. The average molecular weight is 531 g/mol. The number of piperidine rings is 1. The zero-order chi connectivity index (χ0) is 26.5. The Hall–Kier alpha value is -3.84. The molecule has 0 spiro atoms. The highest BCUT2D eigenvalue weighted by atomic mass is 35.5. The van der Waals surface area contributed by atoms with E-state index in [4.69, 9.17) is 11.6 Å². The SMILES string of the molecule is O=C(Nc1ccccc1C(=O)N1CCN(c2ccccc2)CC1)C1CCN(C(=O)c2ccc(Cl)cc2)CC1. The Morgan fingerprint density at radius 3 is 1.97 bits per heavy atom. The molecule has 2 aliphatic heterocycles. The molecular weight excluding hydrogens is 500 g/mol. The van der Waals surface area contributed by atoms with Crippen LogP contribution in [-0.2, 0) is 4.79 Å². The third-order valence-electron chi connectivity index (χ3n) is 7.35. The van der Waals surface area contributed by atoms with Crippen LogP contribution in [0, 0.1) is 5.92 Å². The molecular formula is C30H31ClN4O3. The fourth-order valence-electron chi connectivity index (χ4n) is 5.11. The molecule has 2 aliphatic rings. The van der Waals surface area contributed by atoms with E-state index in [9.17, 15) is 14.4 Å². The van der Waals surface area contributed by atoms with Crippen LogP contribution in [0.4, 0.5) is 11.4 Å². The molecule has 3 aromatic rings. The van der Waals surface area contributed by atoms with Gasteiger partial charge in [0.1, 0.15) is 0 Å². The first-order valence-electron chi connectivity index (χ1n) is 13.0. The number of piperazine rings is 1. The number of benzene rings is 3. The van der Waals surface area contributed by atoms with Gasteiger partial charge in [-0.3, -0.25) is 14.4 Å². The smallest absolute Gasteiger partial charge is 0.256 e. The van der Waals surface area contributed by atoms with Crippen LogP contribution in [0.5, 0.6) is 0 Å². The number of para-hydroxylation sites is 2. The van der Waals surface area contributed by atoms with E-state index in [-0.39, 0.29) is 23.6 Å². The van der Waals surface area contributed by atoms with E-state index in [0.717, 1.165) is 18.8 Å². The number of nitrogens with one attached hydrogen (secondary N) is 1. The van der Waals surface area contributed by atoms with Crippen molar-refractivity contribution in [1.82, 2.24) is 9.80 Å². The number of rotatable bonds is 5. The van der Waals surface area contributed by atoms with Crippen molar-refractivity contribution in [3.63, 3.8) is 0 Å². The number of anilines is 2. The van der Waals surface area contributed by atoms with Gasteiger partial charge in [0.2, 0.25) is 5.91 Å². The quantitative estimate of drug-likeness (QED) is 0.514. The van der Waals surface area contributed by atoms with Gasteiger partial charge < -0.3 is 20.0 Å². The molecule has 2 saturated heterocycles. The molecule has 0 aromatic heterocycles. The number of hydrogen-bond donors (Lipinski definition) is 1. The maximum Gasteiger partial charge on any atom is 0.256 e. The highest BCUT2D eigenvalue weighted by molar-refractivity contribution is 6.30. The third-order valence-corrected chi connectivity index (χ3v) is 7.60. The minimum absolute atomic E-state index is 0.0520. The molecule has 2 heterocycles. The molecule has 0 radical (unpaired) electrons. The molecule has 7 nitrogen and oxygen atoms in total. The number of hydrogen-bond acceptors (Lipinski definition) is 4. The van der Waals surface area contributed by atoms with Crippen molar-refractivity contribution in [1.29, 1.82) is 0 Å². The predicted octanol–water partition coefficient (Wildman–Crippen LogP) is 4.79. The first-order chi connectivity index (χ1) is 18.5. The number of amides is 3. The molecule has 0 aliphatic carbocycles. The molecule has 5 rings (SSSR count). The lowest BCUT2D eigenvalue weighted by Gasteiger charge is -2.36. The van der Waals surface area contributed by atoms with Gasteiger partial charge in [0.05, 0.1) is 11.3 Å². The van der Waals surface area contributed by atoms with Crippen molar-refractivity contribution in [3.8, 4) is 0 Å². The van der Waals surface area contributed by atoms with Gasteiger partial charge in [-0.15, -0.1) is 0 Å². The Morgan fingerprint density at radius 2 is 1.29 bits per heavy atom. The van der Waals surface area contributed by atoms with Gasteiger partial charge in [-0.05, 0) is 61.4 Å². The second kappa shape index (κ2) is 11.7. The number of carbonyl (C=O) groups excluding carboxylic acids is 3. The Kier molecular flexibility index (Phi) is 7.94. The van der Waals surface area contributed by atoms with Crippen LogP contribution in [0.1, 0.15) is 33.6 Å². The standard InChI is InChI=1S/C30H31ClN4O3/c31-24-12-10-23(11-13-24)29(37)34-16-14-22(15-17-34)28(36)32-27-9-5-4-8-26(27)30(38)35-20-18-33(19-21-35)25-6-2-1-3-7-25/h1-13,22H,14-21H2,(H,32,36). The minimum atomic E-state index is -0.221. The lowest BCUT2D eigenvalue weighted by Crippen LogP contribution is -2.49. The zero-order valence-electron chi connectivity index (χ0n) is 21.2. The van der Waals surface area contributed by atoms with Crippen molar-refractivity contribution in [3.05, 3.63) is 95.0 Å². The fourth-order valence-corrected chi connectivity index (χ4v) is 5.24. The Bertz CT molecular complexity index is 1280. The van der Waals surface area contributed by atoms with Crippen molar-refractivity contribution < 1.29 is 14.4 Å². The van der Waals surface area contributed by atoms with E-state index in [1.165, 1.54) is 0 Å². The van der Waals surface area contributed by atoms with Gasteiger partial charge in [0, 0.05) is 61.5 Å². The number of nitrogens with zero attached hydrogens (tertiary/aromatic N) is 3. The second-order valence-electron chi connectivity index (χ2n) is 9.72. The first kappa shape index (κ1) is 25.8. The molecule has 38 heavy (non-hydrogen) atoms. The van der Waals surface area contributed by atoms with Crippen LogP contribution in [0.25, 0.3) is 0 Å². The van der Waals surface area contributed by atoms with E-state index < -0.39 is 0 Å². The van der Waals surface area contributed by atoms with Gasteiger partial charge in [0.15, 0.2) is 0 Å². The van der Waals surface area contributed by atoms with Crippen LogP contribution >= 0.6 is 11.6 Å². The molecule has 3 amide bonds. The minimum Gasteiger partial charge on any atom is -0.368 e.